The third-order valence-electron chi connectivity index (χ3n) is 5.16. The molecule has 1 fully saturated rings. The first-order valence-corrected chi connectivity index (χ1v) is 10.3. The summed E-state index contributed by atoms with van der Waals surface area (Å²) in [5.74, 6) is 3.02. The number of rotatable bonds is 6. The van der Waals surface area contributed by atoms with E-state index in [9.17, 15) is 4.79 Å². The molecule has 1 aromatic carbocycles. The maximum absolute atomic E-state index is 12.3. The Balaban J connectivity index is 1.42. The van der Waals surface area contributed by atoms with Gasteiger partial charge in [0.25, 0.3) is 0 Å². The molecule has 154 valence electrons. The number of benzene rings is 1. The molecule has 0 aliphatic heterocycles. The third-order valence-corrected chi connectivity index (χ3v) is 5.16. The summed E-state index contributed by atoms with van der Waals surface area (Å²) >= 11 is 0. The van der Waals surface area contributed by atoms with Gasteiger partial charge in [0.15, 0.2) is 0 Å². The van der Waals surface area contributed by atoms with Crippen molar-refractivity contribution in [3.8, 4) is 0 Å². The van der Waals surface area contributed by atoms with E-state index < -0.39 is 0 Å². The van der Waals surface area contributed by atoms with Crippen LogP contribution in [-0.2, 0) is 4.79 Å². The second-order valence-corrected chi connectivity index (χ2v) is 7.70. The molecule has 3 N–H and O–H groups in total. The highest BCUT2D eigenvalue weighted by molar-refractivity contribution is 5.92. The van der Waals surface area contributed by atoms with Gasteiger partial charge in [0, 0.05) is 29.6 Å². The van der Waals surface area contributed by atoms with Crippen LogP contribution in [0.25, 0.3) is 0 Å². The molecule has 0 spiro atoms. The lowest BCUT2D eigenvalue weighted by Crippen LogP contribution is -2.20. The second-order valence-electron chi connectivity index (χ2n) is 7.70. The minimum atomic E-state index is 0.125. The average Bonchev–Trinajstić information content (AvgIpc) is 3.24. The van der Waals surface area contributed by atoms with Crippen LogP contribution in [0.5, 0.6) is 0 Å². The van der Waals surface area contributed by atoms with Crippen molar-refractivity contribution >= 4 is 34.7 Å². The topological polar surface area (TPSA) is 91.8 Å². The Morgan fingerprint density at radius 3 is 2.23 bits per heavy atom. The Morgan fingerprint density at radius 2 is 1.53 bits per heavy atom. The number of nitrogens with one attached hydrogen (secondary N) is 3. The van der Waals surface area contributed by atoms with Gasteiger partial charge in [-0.25, -0.2) is 15.0 Å². The maximum Gasteiger partial charge on any atom is 0.227 e. The van der Waals surface area contributed by atoms with E-state index in [1.165, 1.54) is 0 Å². The average molecular weight is 403 g/mol. The van der Waals surface area contributed by atoms with E-state index >= 15 is 0 Å². The summed E-state index contributed by atoms with van der Waals surface area (Å²) in [6.45, 7) is 3.87. The zero-order chi connectivity index (χ0) is 20.9. The number of carbonyl (C=O) groups is 1. The van der Waals surface area contributed by atoms with Gasteiger partial charge in [-0.15, -0.1) is 0 Å². The summed E-state index contributed by atoms with van der Waals surface area (Å²) in [6.07, 6.45) is 6.05. The maximum atomic E-state index is 12.3. The van der Waals surface area contributed by atoms with E-state index in [2.05, 4.69) is 30.9 Å². The highest BCUT2D eigenvalue weighted by atomic mass is 16.1. The number of hydrogen-bond donors (Lipinski definition) is 3. The van der Waals surface area contributed by atoms with Crippen LogP contribution in [0.1, 0.15) is 37.1 Å². The summed E-state index contributed by atoms with van der Waals surface area (Å²) in [5.41, 5.74) is 2.81. The lowest BCUT2D eigenvalue weighted by atomic mass is 10.1. The Hall–Kier alpha value is -3.48. The predicted molar refractivity (Wildman–Crippen MR) is 119 cm³/mol. The number of amides is 1. The summed E-state index contributed by atoms with van der Waals surface area (Å²) in [7, 11) is 0. The fourth-order valence-corrected chi connectivity index (χ4v) is 3.65. The Kier molecular flexibility index (Phi) is 5.88. The van der Waals surface area contributed by atoms with Crippen LogP contribution in [0, 0.1) is 19.8 Å². The SMILES string of the molecule is Cc1ccnc(Nc2cc(Nc3ccc(NC(=O)C4CCCC4)cc3)nc(C)n2)c1. The van der Waals surface area contributed by atoms with Crippen molar-refractivity contribution in [2.75, 3.05) is 16.0 Å². The molecule has 4 rings (SSSR count). The van der Waals surface area contributed by atoms with Crippen molar-refractivity contribution in [2.45, 2.75) is 39.5 Å². The zero-order valence-electron chi connectivity index (χ0n) is 17.3. The quantitative estimate of drug-likeness (QED) is 0.531. The van der Waals surface area contributed by atoms with E-state index in [0.29, 0.717) is 17.5 Å². The van der Waals surface area contributed by atoms with Crippen molar-refractivity contribution < 1.29 is 4.79 Å². The van der Waals surface area contributed by atoms with Crippen LogP contribution in [0.2, 0.25) is 0 Å². The summed E-state index contributed by atoms with van der Waals surface area (Å²) in [5, 5.41) is 9.53. The Labute approximate surface area is 176 Å². The van der Waals surface area contributed by atoms with Crippen molar-refractivity contribution in [3.05, 3.63) is 60.0 Å². The van der Waals surface area contributed by atoms with Gasteiger partial charge in [0.05, 0.1) is 0 Å². The molecule has 2 aromatic heterocycles. The molecular formula is C23H26N6O. The summed E-state index contributed by atoms with van der Waals surface area (Å²) in [6, 6.07) is 13.4. The molecule has 0 atom stereocenters. The minimum Gasteiger partial charge on any atom is -0.340 e. The van der Waals surface area contributed by atoms with Crippen LogP contribution >= 0.6 is 0 Å². The molecule has 1 aliphatic rings. The first-order valence-electron chi connectivity index (χ1n) is 10.3. The van der Waals surface area contributed by atoms with E-state index in [-0.39, 0.29) is 11.8 Å². The van der Waals surface area contributed by atoms with Crippen LogP contribution in [0.15, 0.2) is 48.7 Å². The number of carbonyl (C=O) groups excluding carboxylic acids is 1. The molecule has 7 heteroatoms. The van der Waals surface area contributed by atoms with E-state index in [4.69, 9.17) is 0 Å². The molecule has 0 bridgehead atoms. The van der Waals surface area contributed by atoms with Crippen molar-refractivity contribution in [1.82, 2.24) is 15.0 Å². The van der Waals surface area contributed by atoms with Gasteiger partial charge < -0.3 is 16.0 Å². The molecule has 1 amide bonds. The van der Waals surface area contributed by atoms with E-state index in [0.717, 1.165) is 48.4 Å². The zero-order valence-corrected chi connectivity index (χ0v) is 17.3. The number of nitrogens with zero attached hydrogens (tertiary/aromatic N) is 3. The van der Waals surface area contributed by atoms with Gasteiger partial charge in [-0.2, -0.15) is 0 Å². The molecule has 3 aromatic rings. The number of aryl methyl sites for hydroxylation is 2. The predicted octanol–water partition coefficient (Wildman–Crippen LogP) is 5.10. The number of anilines is 5. The highest BCUT2D eigenvalue weighted by Crippen LogP contribution is 2.26. The van der Waals surface area contributed by atoms with Gasteiger partial charge in [0.2, 0.25) is 5.91 Å². The lowest BCUT2D eigenvalue weighted by molar-refractivity contribution is -0.119. The first-order chi connectivity index (χ1) is 14.5. The monoisotopic (exact) mass is 402 g/mol. The molecule has 2 heterocycles. The van der Waals surface area contributed by atoms with Gasteiger partial charge in [-0.3, -0.25) is 4.79 Å². The van der Waals surface area contributed by atoms with Crippen LogP contribution < -0.4 is 16.0 Å². The smallest absolute Gasteiger partial charge is 0.227 e. The summed E-state index contributed by atoms with van der Waals surface area (Å²) in [4.78, 5) is 25.5. The molecule has 0 saturated heterocycles. The molecule has 1 aliphatic carbocycles. The minimum absolute atomic E-state index is 0.125. The van der Waals surface area contributed by atoms with Gasteiger partial charge in [-0.05, 0) is 68.7 Å². The molecule has 30 heavy (non-hydrogen) atoms. The normalized spacial score (nSPS) is 13.8. The third kappa shape index (κ3) is 5.11. The van der Waals surface area contributed by atoms with E-state index in [1.807, 2.05) is 56.3 Å². The first kappa shape index (κ1) is 19.8. The number of pyridine rings is 1. The summed E-state index contributed by atoms with van der Waals surface area (Å²) < 4.78 is 0. The fourth-order valence-electron chi connectivity index (χ4n) is 3.65. The van der Waals surface area contributed by atoms with Crippen LogP contribution in [-0.4, -0.2) is 20.9 Å². The fraction of sp³-hybridized carbons (Fsp3) is 0.304. The van der Waals surface area contributed by atoms with Crippen LogP contribution in [0.3, 0.4) is 0 Å². The van der Waals surface area contributed by atoms with Crippen molar-refractivity contribution in [3.63, 3.8) is 0 Å². The van der Waals surface area contributed by atoms with Crippen molar-refractivity contribution in [2.24, 2.45) is 5.92 Å². The van der Waals surface area contributed by atoms with Crippen LogP contribution in [0.4, 0.5) is 28.8 Å². The van der Waals surface area contributed by atoms with E-state index in [1.54, 1.807) is 6.20 Å². The molecular weight excluding hydrogens is 376 g/mol. The van der Waals surface area contributed by atoms with Gasteiger partial charge in [0.1, 0.15) is 23.3 Å². The number of hydrogen-bond acceptors (Lipinski definition) is 6. The second kappa shape index (κ2) is 8.90. The Morgan fingerprint density at radius 1 is 0.867 bits per heavy atom. The Bertz CT molecular complexity index is 1030. The highest BCUT2D eigenvalue weighted by Gasteiger charge is 2.22. The molecule has 1 saturated carbocycles. The molecule has 0 radical (unpaired) electrons. The number of aromatic nitrogens is 3. The molecule has 7 nitrogen and oxygen atoms in total. The molecule has 0 unspecified atom stereocenters. The standard InChI is InChI=1S/C23H26N6O/c1-15-11-12-24-20(13-15)29-22-14-21(25-16(2)26-22)27-18-7-9-19(10-8-18)28-23(30)17-5-3-4-6-17/h7-14,17H,3-6H2,1-2H3,(H,28,30)(H2,24,25,26,27,29). The van der Waals surface area contributed by atoms with Crippen molar-refractivity contribution in [1.29, 1.82) is 0 Å². The van der Waals surface area contributed by atoms with Gasteiger partial charge >= 0.3 is 0 Å². The largest absolute Gasteiger partial charge is 0.340 e. The lowest BCUT2D eigenvalue weighted by Gasteiger charge is -2.12. The van der Waals surface area contributed by atoms with Gasteiger partial charge in [-0.1, -0.05) is 12.8 Å².